The van der Waals surface area contributed by atoms with E-state index in [1.165, 1.54) is 18.2 Å². The summed E-state index contributed by atoms with van der Waals surface area (Å²) in [5.74, 6) is -2.34. The van der Waals surface area contributed by atoms with Crippen molar-refractivity contribution >= 4 is 5.97 Å². The number of carboxylic acid groups (broad SMARTS) is 1. The molecule has 4 nitrogen and oxygen atoms in total. The highest BCUT2D eigenvalue weighted by Gasteiger charge is 2.43. The Labute approximate surface area is 109 Å². The van der Waals surface area contributed by atoms with Crippen molar-refractivity contribution in [2.24, 2.45) is 5.73 Å². The van der Waals surface area contributed by atoms with E-state index in [0.29, 0.717) is 6.54 Å². The molecular weight excluding hydrogens is 254 g/mol. The van der Waals surface area contributed by atoms with E-state index in [-0.39, 0.29) is 18.5 Å². The van der Waals surface area contributed by atoms with E-state index in [1.807, 2.05) is 0 Å². The molecule has 0 bridgehead atoms. The summed E-state index contributed by atoms with van der Waals surface area (Å²) in [7, 11) is 0. The largest absolute Gasteiger partial charge is 0.480 e. The smallest absolute Gasteiger partial charge is 0.325 e. The third-order valence-electron chi connectivity index (χ3n) is 3.72. The Kier molecular flexibility index (Phi) is 3.56. The lowest BCUT2D eigenvalue weighted by atomic mass is 10.0. The number of nitrogens with zero attached hydrogens (tertiary/aromatic N) is 1. The van der Waals surface area contributed by atoms with Crippen molar-refractivity contribution in [3.8, 4) is 0 Å². The first-order valence-corrected chi connectivity index (χ1v) is 6.05. The van der Waals surface area contributed by atoms with Gasteiger partial charge < -0.3 is 10.8 Å². The maximum absolute atomic E-state index is 13.7. The number of nitrogens with two attached hydrogens (primary N) is 1. The Bertz CT molecular complexity index is 489. The molecule has 6 heteroatoms. The van der Waals surface area contributed by atoms with Gasteiger partial charge in [-0.3, -0.25) is 9.69 Å². The molecular formula is C13H16F2N2O2. The molecule has 0 amide bonds. The molecule has 0 spiro atoms. The highest BCUT2D eigenvalue weighted by molar-refractivity contribution is 5.79. The zero-order valence-corrected chi connectivity index (χ0v) is 10.6. The van der Waals surface area contributed by atoms with Crippen LogP contribution in [-0.2, 0) is 4.79 Å². The SMILES string of the molecule is CC(c1c(F)cccc1F)N1CCC(N)(C(=O)O)C1. The second-order valence-corrected chi connectivity index (χ2v) is 4.99. The lowest BCUT2D eigenvalue weighted by molar-refractivity contribution is -0.142. The number of rotatable bonds is 3. The van der Waals surface area contributed by atoms with Gasteiger partial charge in [-0.1, -0.05) is 6.07 Å². The van der Waals surface area contributed by atoms with Gasteiger partial charge in [0.1, 0.15) is 17.2 Å². The third-order valence-corrected chi connectivity index (χ3v) is 3.72. The van der Waals surface area contributed by atoms with Gasteiger partial charge in [0.25, 0.3) is 0 Å². The Hall–Kier alpha value is -1.53. The van der Waals surface area contributed by atoms with Crippen LogP contribution in [0.4, 0.5) is 8.78 Å². The Balaban J connectivity index is 2.23. The van der Waals surface area contributed by atoms with E-state index in [1.54, 1.807) is 11.8 Å². The second kappa shape index (κ2) is 4.86. The number of carbonyl (C=O) groups is 1. The first kappa shape index (κ1) is 13.9. The summed E-state index contributed by atoms with van der Waals surface area (Å²) in [4.78, 5) is 12.8. The van der Waals surface area contributed by atoms with Crippen molar-refractivity contribution in [3.63, 3.8) is 0 Å². The predicted octanol–water partition coefficient (Wildman–Crippen LogP) is 1.51. The highest BCUT2D eigenvalue weighted by atomic mass is 19.1. The van der Waals surface area contributed by atoms with Gasteiger partial charge in [0, 0.05) is 24.7 Å². The fourth-order valence-corrected chi connectivity index (χ4v) is 2.46. The summed E-state index contributed by atoms with van der Waals surface area (Å²) in [6.45, 7) is 2.13. The van der Waals surface area contributed by atoms with Crippen LogP contribution in [0.3, 0.4) is 0 Å². The van der Waals surface area contributed by atoms with Crippen molar-refractivity contribution < 1.29 is 18.7 Å². The molecule has 0 aliphatic carbocycles. The van der Waals surface area contributed by atoms with Crippen LogP contribution in [0.1, 0.15) is 24.9 Å². The normalized spacial score (nSPS) is 25.5. The average molecular weight is 270 g/mol. The molecule has 0 aromatic heterocycles. The standard InChI is InChI=1S/C13H16F2N2O2/c1-8(11-9(14)3-2-4-10(11)15)17-6-5-13(16,7-17)12(18)19/h2-4,8H,5-7,16H2,1H3,(H,18,19). The molecule has 0 saturated carbocycles. The van der Waals surface area contributed by atoms with Gasteiger partial charge in [-0.25, -0.2) is 8.78 Å². The molecule has 2 atom stereocenters. The number of likely N-dealkylation sites (tertiary alicyclic amines) is 1. The highest BCUT2D eigenvalue weighted by Crippen LogP contribution is 2.31. The maximum atomic E-state index is 13.7. The van der Waals surface area contributed by atoms with Crippen molar-refractivity contribution in [1.29, 1.82) is 0 Å². The molecule has 1 aromatic carbocycles. The lowest BCUT2D eigenvalue weighted by Gasteiger charge is -2.26. The van der Waals surface area contributed by atoms with Crippen LogP contribution in [0.25, 0.3) is 0 Å². The fraction of sp³-hybridized carbons (Fsp3) is 0.462. The first-order chi connectivity index (χ1) is 8.85. The van der Waals surface area contributed by atoms with Crippen LogP contribution in [0.2, 0.25) is 0 Å². The zero-order chi connectivity index (χ0) is 14.2. The van der Waals surface area contributed by atoms with Gasteiger partial charge >= 0.3 is 5.97 Å². The minimum atomic E-state index is -1.34. The molecule has 1 saturated heterocycles. The lowest BCUT2D eigenvalue weighted by Crippen LogP contribution is -2.50. The summed E-state index contributed by atoms with van der Waals surface area (Å²) < 4.78 is 27.4. The van der Waals surface area contributed by atoms with Gasteiger partial charge in [0.2, 0.25) is 0 Å². The van der Waals surface area contributed by atoms with Crippen LogP contribution >= 0.6 is 0 Å². The molecule has 1 aromatic rings. The molecule has 2 unspecified atom stereocenters. The minimum Gasteiger partial charge on any atom is -0.480 e. The molecule has 0 radical (unpaired) electrons. The monoisotopic (exact) mass is 270 g/mol. The van der Waals surface area contributed by atoms with Crippen molar-refractivity contribution in [2.45, 2.75) is 24.9 Å². The van der Waals surface area contributed by atoms with E-state index < -0.39 is 29.2 Å². The Morgan fingerprint density at radius 1 is 1.47 bits per heavy atom. The fourth-order valence-electron chi connectivity index (χ4n) is 2.46. The van der Waals surface area contributed by atoms with Crippen LogP contribution < -0.4 is 5.73 Å². The second-order valence-electron chi connectivity index (χ2n) is 4.99. The van der Waals surface area contributed by atoms with E-state index in [2.05, 4.69) is 0 Å². The molecule has 1 aliphatic rings. The summed E-state index contributed by atoms with van der Waals surface area (Å²) in [6, 6.07) is 3.14. The Morgan fingerprint density at radius 2 is 2.05 bits per heavy atom. The van der Waals surface area contributed by atoms with Crippen LogP contribution in [-0.4, -0.2) is 34.6 Å². The van der Waals surface area contributed by atoms with Crippen molar-refractivity contribution in [3.05, 3.63) is 35.4 Å². The van der Waals surface area contributed by atoms with Crippen LogP contribution in [0.5, 0.6) is 0 Å². The van der Waals surface area contributed by atoms with E-state index >= 15 is 0 Å². The molecule has 3 N–H and O–H groups in total. The first-order valence-electron chi connectivity index (χ1n) is 6.05. The summed E-state index contributed by atoms with van der Waals surface area (Å²) in [6.07, 6.45) is 0.267. The summed E-state index contributed by atoms with van der Waals surface area (Å²) >= 11 is 0. The Morgan fingerprint density at radius 3 is 2.53 bits per heavy atom. The number of aliphatic carboxylic acids is 1. The van der Waals surface area contributed by atoms with Gasteiger partial charge in [0.05, 0.1) is 0 Å². The summed E-state index contributed by atoms with van der Waals surface area (Å²) in [5, 5.41) is 9.05. The van der Waals surface area contributed by atoms with E-state index in [4.69, 9.17) is 10.8 Å². The van der Waals surface area contributed by atoms with Gasteiger partial charge in [0.15, 0.2) is 0 Å². The quantitative estimate of drug-likeness (QED) is 0.873. The molecule has 1 fully saturated rings. The van der Waals surface area contributed by atoms with E-state index in [0.717, 1.165) is 0 Å². The minimum absolute atomic E-state index is 0.0443. The number of hydrogen-bond donors (Lipinski definition) is 2. The summed E-state index contributed by atoms with van der Waals surface area (Å²) in [5.41, 5.74) is 4.37. The number of hydrogen-bond acceptors (Lipinski definition) is 3. The molecule has 19 heavy (non-hydrogen) atoms. The zero-order valence-electron chi connectivity index (χ0n) is 10.6. The van der Waals surface area contributed by atoms with Crippen LogP contribution in [0, 0.1) is 11.6 Å². The van der Waals surface area contributed by atoms with Crippen molar-refractivity contribution in [2.75, 3.05) is 13.1 Å². The maximum Gasteiger partial charge on any atom is 0.325 e. The van der Waals surface area contributed by atoms with Gasteiger partial charge in [-0.05, 0) is 25.5 Å². The van der Waals surface area contributed by atoms with Gasteiger partial charge in [-0.2, -0.15) is 0 Å². The van der Waals surface area contributed by atoms with Crippen molar-refractivity contribution in [1.82, 2.24) is 4.90 Å². The van der Waals surface area contributed by atoms with Gasteiger partial charge in [-0.15, -0.1) is 0 Å². The number of halogens is 2. The number of benzene rings is 1. The number of carboxylic acids is 1. The molecule has 2 rings (SSSR count). The average Bonchev–Trinajstić information content (AvgIpc) is 2.73. The van der Waals surface area contributed by atoms with E-state index in [9.17, 15) is 13.6 Å². The molecule has 1 aliphatic heterocycles. The third kappa shape index (κ3) is 2.46. The molecule has 104 valence electrons. The predicted molar refractivity (Wildman–Crippen MR) is 65.5 cm³/mol. The topological polar surface area (TPSA) is 66.6 Å². The van der Waals surface area contributed by atoms with Crippen LogP contribution in [0.15, 0.2) is 18.2 Å². The molecule has 1 heterocycles.